The normalized spacial score (nSPS) is 12.0. The minimum atomic E-state index is -0.556. The van der Waals surface area contributed by atoms with Crippen LogP contribution in [0.2, 0.25) is 0 Å². The molecule has 1 heterocycles. The van der Waals surface area contributed by atoms with E-state index in [2.05, 4.69) is 4.98 Å². The van der Waals surface area contributed by atoms with Gasteiger partial charge >= 0.3 is 0 Å². The molecule has 0 unspecified atom stereocenters. The molecule has 1 N–H and O–H groups in total. The van der Waals surface area contributed by atoms with E-state index in [4.69, 9.17) is 0 Å². The van der Waals surface area contributed by atoms with E-state index in [0.717, 1.165) is 22.2 Å². The van der Waals surface area contributed by atoms with Crippen molar-refractivity contribution in [3.8, 4) is 0 Å². The monoisotopic (exact) mass is 217 g/mol. The molecule has 1 aromatic rings. The first-order chi connectivity index (χ1) is 5.97. The van der Waals surface area contributed by atoms with Gasteiger partial charge in [0, 0.05) is 16.8 Å². The van der Waals surface area contributed by atoms with Crippen LogP contribution in [0.3, 0.4) is 0 Å². The molecule has 13 heavy (non-hydrogen) atoms. The lowest BCUT2D eigenvalue weighted by atomic mass is 10.1. The van der Waals surface area contributed by atoms with Crippen LogP contribution >= 0.6 is 23.1 Å². The lowest BCUT2D eigenvalue weighted by Gasteiger charge is -2.15. The van der Waals surface area contributed by atoms with E-state index < -0.39 is 5.60 Å². The van der Waals surface area contributed by atoms with E-state index >= 15 is 0 Å². The molecule has 0 aliphatic heterocycles. The number of nitrogens with zero attached hydrogens (tertiary/aromatic N) is 1. The first kappa shape index (κ1) is 11.0. The second-order valence-corrected chi connectivity index (χ2v) is 5.87. The molecule has 0 saturated heterocycles. The van der Waals surface area contributed by atoms with Crippen molar-refractivity contribution in [2.24, 2.45) is 0 Å². The zero-order chi connectivity index (χ0) is 9.90. The average molecular weight is 217 g/mol. The number of aliphatic hydroxyl groups is 1. The first-order valence-corrected chi connectivity index (χ1v) is 6.11. The van der Waals surface area contributed by atoms with Crippen LogP contribution in [0.4, 0.5) is 0 Å². The second-order valence-electron chi connectivity index (χ2n) is 3.67. The van der Waals surface area contributed by atoms with E-state index in [1.807, 2.05) is 26.2 Å². The smallest absolute Gasteiger partial charge is 0.150 e. The Morgan fingerprint density at radius 2 is 2.31 bits per heavy atom. The minimum Gasteiger partial charge on any atom is -0.390 e. The molecule has 0 bridgehead atoms. The van der Waals surface area contributed by atoms with E-state index in [0.29, 0.717) is 0 Å². The van der Waals surface area contributed by atoms with Gasteiger partial charge in [0.1, 0.15) is 4.34 Å². The van der Waals surface area contributed by atoms with Crippen molar-refractivity contribution in [1.29, 1.82) is 0 Å². The van der Waals surface area contributed by atoms with Gasteiger partial charge in [0.25, 0.3) is 0 Å². The molecule has 0 aromatic carbocycles. The summed E-state index contributed by atoms with van der Waals surface area (Å²) in [6.07, 6.45) is 0.802. The van der Waals surface area contributed by atoms with Gasteiger partial charge in [-0.05, 0) is 27.2 Å². The number of thiazole rings is 1. The predicted octanol–water partition coefficient (Wildman–Crippen LogP) is 2.70. The maximum absolute atomic E-state index is 9.47. The van der Waals surface area contributed by atoms with Gasteiger partial charge in [-0.15, -0.1) is 11.3 Å². The van der Waals surface area contributed by atoms with Crippen LogP contribution in [0.25, 0.3) is 0 Å². The van der Waals surface area contributed by atoms with Gasteiger partial charge < -0.3 is 5.11 Å². The molecule has 0 aliphatic carbocycles. The molecular weight excluding hydrogens is 202 g/mol. The highest BCUT2D eigenvalue weighted by molar-refractivity contribution is 8.01. The van der Waals surface area contributed by atoms with Crippen molar-refractivity contribution in [2.75, 3.05) is 5.75 Å². The van der Waals surface area contributed by atoms with Crippen molar-refractivity contribution < 1.29 is 5.11 Å². The first-order valence-electron chi connectivity index (χ1n) is 4.25. The molecular formula is C9H15NOS2. The van der Waals surface area contributed by atoms with Crippen LogP contribution < -0.4 is 0 Å². The Morgan fingerprint density at radius 1 is 1.62 bits per heavy atom. The van der Waals surface area contributed by atoms with Crippen molar-refractivity contribution in [1.82, 2.24) is 4.98 Å². The molecule has 0 amide bonds. The molecule has 0 atom stereocenters. The molecule has 1 aromatic heterocycles. The zero-order valence-electron chi connectivity index (χ0n) is 8.20. The lowest BCUT2D eigenvalue weighted by molar-refractivity contribution is 0.0778. The molecule has 0 saturated carbocycles. The fourth-order valence-electron chi connectivity index (χ4n) is 0.787. The Morgan fingerprint density at radius 3 is 2.77 bits per heavy atom. The number of hydrogen-bond donors (Lipinski definition) is 1. The largest absolute Gasteiger partial charge is 0.390 e. The fraction of sp³-hybridized carbons (Fsp3) is 0.667. The summed E-state index contributed by atoms with van der Waals surface area (Å²) in [6, 6.07) is 0. The molecule has 74 valence electrons. The van der Waals surface area contributed by atoms with Crippen molar-refractivity contribution in [3.63, 3.8) is 0 Å². The van der Waals surface area contributed by atoms with Gasteiger partial charge in [-0.2, -0.15) is 0 Å². The Hall–Kier alpha value is -0.0600. The van der Waals surface area contributed by atoms with Gasteiger partial charge in [0.15, 0.2) is 0 Å². The highest BCUT2D eigenvalue weighted by Gasteiger charge is 2.12. The van der Waals surface area contributed by atoms with Crippen LogP contribution in [0.1, 0.15) is 26.0 Å². The number of thioether (sulfide) groups is 1. The fourth-order valence-corrected chi connectivity index (χ4v) is 2.96. The minimum absolute atomic E-state index is 0.556. The molecule has 0 radical (unpaired) electrons. The number of aryl methyl sites for hydroxylation is 1. The SMILES string of the molecule is Cc1csc(SCCC(C)(C)O)n1. The summed E-state index contributed by atoms with van der Waals surface area (Å²) in [5, 5.41) is 11.5. The molecule has 4 heteroatoms. The quantitative estimate of drug-likeness (QED) is 0.787. The summed E-state index contributed by atoms with van der Waals surface area (Å²) in [4.78, 5) is 4.33. The topological polar surface area (TPSA) is 33.1 Å². The van der Waals surface area contributed by atoms with Crippen molar-refractivity contribution in [2.45, 2.75) is 37.1 Å². The van der Waals surface area contributed by atoms with Crippen molar-refractivity contribution >= 4 is 23.1 Å². The summed E-state index contributed by atoms with van der Waals surface area (Å²) in [7, 11) is 0. The lowest BCUT2D eigenvalue weighted by Crippen LogP contribution is -2.18. The maximum atomic E-state index is 9.47. The third-order valence-corrected chi connectivity index (χ3v) is 3.68. The molecule has 1 rings (SSSR count). The van der Waals surface area contributed by atoms with Crippen LogP contribution in [0.15, 0.2) is 9.72 Å². The van der Waals surface area contributed by atoms with Gasteiger partial charge in [-0.3, -0.25) is 0 Å². The third kappa shape index (κ3) is 4.64. The number of aromatic nitrogens is 1. The Kier molecular flexibility index (Phi) is 3.76. The van der Waals surface area contributed by atoms with Crippen LogP contribution in [-0.4, -0.2) is 21.4 Å². The van der Waals surface area contributed by atoms with E-state index in [9.17, 15) is 5.11 Å². The zero-order valence-corrected chi connectivity index (χ0v) is 9.84. The molecule has 0 fully saturated rings. The summed E-state index contributed by atoms with van der Waals surface area (Å²) in [5.74, 6) is 0.927. The van der Waals surface area contributed by atoms with Crippen molar-refractivity contribution in [3.05, 3.63) is 11.1 Å². The highest BCUT2D eigenvalue weighted by atomic mass is 32.2. The summed E-state index contributed by atoms with van der Waals surface area (Å²) in [6.45, 7) is 5.66. The van der Waals surface area contributed by atoms with Gasteiger partial charge in [0.2, 0.25) is 0 Å². The number of rotatable bonds is 4. The standard InChI is InChI=1S/C9H15NOS2/c1-7-6-13-8(10-7)12-5-4-9(2,3)11/h6,11H,4-5H2,1-3H3. The predicted molar refractivity (Wildman–Crippen MR) is 58.5 cm³/mol. The Bertz CT molecular complexity index is 265. The molecule has 2 nitrogen and oxygen atoms in total. The van der Waals surface area contributed by atoms with E-state index in [1.165, 1.54) is 0 Å². The summed E-state index contributed by atoms with van der Waals surface area (Å²) in [5.41, 5.74) is 0.523. The summed E-state index contributed by atoms with van der Waals surface area (Å²) < 4.78 is 1.10. The second kappa shape index (κ2) is 4.44. The van der Waals surface area contributed by atoms with Crippen LogP contribution in [-0.2, 0) is 0 Å². The van der Waals surface area contributed by atoms with Crippen LogP contribution in [0, 0.1) is 6.92 Å². The van der Waals surface area contributed by atoms with E-state index in [1.54, 1.807) is 23.1 Å². The van der Waals surface area contributed by atoms with Gasteiger partial charge in [0.05, 0.1) is 5.60 Å². The number of hydrogen-bond acceptors (Lipinski definition) is 4. The van der Waals surface area contributed by atoms with Crippen LogP contribution in [0.5, 0.6) is 0 Å². The van der Waals surface area contributed by atoms with Gasteiger partial charge in [-0.1, -0.05) is 11.8 Å². The maximum Gasteiger partial charge on any atom is 0.150 e. The Labute approximate surface area is 87.4 Å². The molecule has 0 aliphatic rings. The van der Waals surface area contributed by atoms with E-state index in [-0.39, 0.29) is 0 Å². The average Bonchev–Trinajstić information content (AvgIpc) is 2.33. The highest BCUT2D eigenvalue weighted by Crippen LogP contribution is 2.24. The Balaban J connectivity index is 2.28. The van der Waals surface area contributed by atoms with Gasteiger partial charge in [-0.25, -0.2) is 4.98 Å². The summed E-state index contributed by atoms with van der Waals surface area (Å²) >= 11 is 3.39. The third-order valence-electron chi connectivity index (χ3n) is 1.54. The molecule has 0 spiro atoms.